The average Bonchev–Trinajstić information content (AvgIpc) is 3.19. The van der Waals surface area contributed by atoms with Crippen LogP contribution in [0.1, 0.15) is 105 Å². The van der Waals surface area contributed by atoms with Gasteiger partial charge in [0.15, 0.2) is 0 Å². The fraction of sp³-hybridized carbons (Fsp3) is 0.281. The van der Waals surface area contributed by atoms with E-state index >= 15 is 0 Å². The molecule has 1 aromatic heterocycles. The Balaban J connectivity index is 1.40. The molecule has 7 rings (SSSR count). The Morgan fingerprint density at radius 2 is 0.500 bits per heavy atom. The summed E-state index contributed by atoms with van der Waals surface area (Å²) in [6.45, 7) is 27.9. The van der Waals surface area contributed by atoms with E-state index in [1.54, 1.807) is 0 Å². The number of hydrogen-bond donors (Lipinski definition) is 0. The van der Waals surface area contributed by atoms with Crippen LogP contribution in [0.4, 0.5) is 0 Å². The maximum Gasteiger partial charge on any atom is 0.0715 e. The molecular formula is C57H61N. The zero-order valence-corrected chi connectivity index (χ0v) is 36.9. The first-order chi connectivity index (χ1) is 27.2. The van der Waals surface area contributed by atoms with E-state index in [1.807, 2.05) is 0 Å². The van der Waals surface area contributed by atoms with E-state index in [1.165, 1.54) is 61.2 Å². The van der Waals surface area contributed by atoms with Crippen molar-refractivity contribution in [1.82, 2.24) is 4.98 Å². The van der Waals surface area contributed by atoms with Crippen molar-refractivity contribution in [2.45, 2.75) is 105 Å². The van der Waals surface area contributed by atoms with Crippen molar-refractivity contribution in [2.75, 3.05) is 0 Å². The number of nitrogens with zero attached hydrogens (tertiary/aromatic N) is 1. The first-order valence-corrected chi connectivity index (χ1v) is 20.9. The van der Waals surface area contributed by atoms with Crippen molar-refractivity contribution in [2.24, 2.45) is 0 Å². The highest BCUT2D eigenvalue weighted by Gasteiger charge is 2.24. The molecule has 0 saturated heterocycles. The Labute approximate surface area is 349 Å². The van der Waals surface area contributed by atoms with Crippen LogP contribution in [0.25, 0.3) is 67.0 Å². The van der Waals surface area contributed by atoms with Crippen molar-refractivity contribution in [3.8, 4) is 67.0 Å². The third kappa shape index (κ3) is 9.11. The Morgan fingerprint density at radius 1 is 0.241 bits per heavy atom. The van der Waals surface area contributed by atoms with Gasteiger partial charge in [0.05, 0.1) is 11.4 Å². The summed E-state index contributed by atoms with van der Waals surface area (Å²) in [5.74, 6) is 0. The molecule has 7 aromatic rings. The van der Waals surface area contributed by atoms with Gasteiger partial charge in [-0.1, -0.05) is 204 Å². The van der Waals surface area contributed by atoms with E-state index in [9.17, 15) is 0 Å². The summed E-state index contributed by atoms with van der Waals surface area (Å²) >= 11 is 0. The third-order valence-corrected chi connectivity index (χ3v) is 11.4. The Morgan fingerprint density at radius 3 is 0.845 bits per heavy atom. The topological polar surface area (TPSA) is 12.9 Å². The molecule has 0 spiro atoms. The largest absolute Gasteiger partial charge is 0.248 e. The molecule has 58 heavy (non-hydrogen) atoms. The second-order valence-electron chi connectivity index (χ2n) is 20.3. The average molecular weight is 760 g/mol. The quantitative estimate of drug-likeness (QED) is 0.165. The first kappa shape index (κ1) is 40.7. The van der Waals surface area contributed by atoms with Gasteiger partial charge in [-0.05, 0) is 119 Å². The lowest BCUT2D eigenvalue weighted by molar-refractivity contribution is 0.569. The molecule has 1 nitrogen and oxygen atoms in total. The lowest BCUT2D eigenvalue weighted by atomic mass is 9.77. The minimum atomic E-state index is -0.0459. The highest BCUT2D eigenvalue weighted by molar-refractivity contribution is 5.83. The van der Waals surface area contributed by atoms with Gasteiger partial charge in [0.2, 0.25) is 0 Å². The molecule has 6 aromatic carbocycles. The summed E-state index contributed by atoms with van der Waals surface area (Å²) in [6.07, 6.45) is 0. The Kier molecular flexibility index (Phi) is 10.7. The van der Waals surface area contributed by atoms with Crippen molar-refractivity contribution < 1.29 is 0 Å². The van der Waals surface area contributed by atoms with Crippen molar-refractivity contribution in [1.29, 1.82) is 0 Å². The molecule has 0 saturated carbocycles. The summed E-state index contributed by atoms with van der Waals surface area (Å²) in [4.78, 5) is 5.15. The molecule has 0 aliphatic carbocycles. The SMILES string of the molecule is CC(C)(C)c1cc(-c2cccc(-c3cc(-c4ccccc4)nc(-c4ccccc4)c3)c2)cc(-c2cc(-c3cc(C(C)(C)C)cc(C(C)(C)C)c3)cc(C(C)(C)C)c2)c1. The molecule has 0 atom stereocenters. The van der Waals surface area contributed by atoms with Gasteiger partial charge in [0.1, 0.15) is 0 Å². The van der Waals surface area contributed by atoms with Gasteiger partial charge < -0.3 is 0 Å². The molecule has 0 aliphatic rings. The molecule has 294 valence electrons. The maximum atomic E-state index is 5.15. The lowest BCUT2D eigenvalue weighted by Crippen LogP contribution is -2.16. The van der Waals surface area contributed by atoms with Crippen LogP contribution in [0.2, 0.25) is 0 Å². The number of rotatable bonds is 6. The minimum Gasteiger partial charge on any atom is -0.248 e. The molecule has 0 amide bonds. The van der Waals surface area contributed by atoms with Crippen LogP contribution < -0.4 is 0 Å². The summed E-state index contributed by atoms with van der Waals surface area (Å²) in [5, 5.41) is 0. The summed E-state index contributed by atoms with van der Waals surface area (Å²) in [6, 6.07) is 56.3. The molecule has 0 aliphatic heterocycles. The molecule has 1 heterocycles. The molecule has 0 bridgehead atoms. The van der Waals surface area contributed by atoms with Crippen LogP contribution in [-0.4, -0.2) is 4.98 Å². The zero-order chi connectivity index (χ0) is 41.6. The van der Waals surface area contributed by atoms with Gasteiger partial charge in [-0.3, -0.25) is 0 Å². The Bertz CT molecular complexity index is 2470. The first-order valence-electron chi connectivity index (χ1n) is 20.9. The van der Waals surface area contributed by atoms with Gasteiger partial charge in [-0.15, -0.1) is 0 Å². The molecule has 1 heteroatoms. The number of hydrogen-bond acceptors (Lipinski definition) is 1. The highest BCUT2D eigenvalue weighted by Crippen LogP contribution is 2.41. The summed E-state index contributed by atoms with van der Waals surface area (Å²) < 4.78 is 0. The fourth-order valence-electron chi connectivity index (χ4n) is 7.54. The Hall–Kier alpha value is -5.53. The van der Waals surface area contributed by atoms with Crippen LogP contribution in [-0.2, 0) is 21.7 Å². The zero-order valence-electron chi connectivity index (χ0n) is 36.9. The predicted octanol–water partition coefficient (Wildman–Crippen LogP) is 16.3. The van der Waals surface area contributed by atoms with Crippen LogP contribution in [0, 0.1) is 0 Å². The van der Waals surface area contributed by atoms with Gasteiger partial charge in [0.25, 0.3) is 0 Å². The second-order valence-corrected chi connectivity index (χ2v) is 20.3. The summed E-state index contributed by atoms with van der Waals surface area (Å²) in [7, 11) is 0. The van der Waals surface area contributed by atoms with E-state index < -0.39 is 0 Å². The van der Waals surface area contributed by atoms with Gasteiger partial charge >= 0.3 is 0 Å². The number of aromatic nitrogens is 1. The van der Waals surface area contributed by atoms with Crippen molar-refractivity contribution in [3.05, 3.63) is 174 Å². The third-order valence-electron chi connectivity index (χ3n) is 11.4. The standard InChI is InChI=1S/C57H61N/c1-54(2,3)48-29-42(40-24-19-25-41(26-40)47-35-52(38-20-15-13-16-21-38)58-53(36-47)39-22-17-14-18-23-39)27-43(30-48)44-28-45(32-49(31-44)55(4,5)6)46-33-50(56(7,8)9)37-51(34-46)57(10,11)12/h13-37H,1-12H3. The lowest BCUT2D eigenvalue weighted by Gasteiger charge is -2.27. The summed E-state index contributed by atoms with van der Waals surface area (Å²) in [5.41, 5.74) is 19.3. The van der Waals surface area contributed by atoms with Gasteiger partial charge in [-0.25, -0.2) is 4.98 Å². The normalized spacial score (nSPS) is 12.5. The molecular weight excluding hydrogens is 699 g/mol. The molecule has 0 unspecified atom stereocenters. The fourth-order valence-corrected chi connectivity index (χ4v) is 7.54. The minimum absolute atomic E-state index is 0.0280. The van der Waals surface area contributed by atoms with Crippen molar-refractivity contribution in [3.63, 3.8) is 0 Å². The number of pyridine rings is 1. The van der Waals surface area contributed by atoms with Crippen LogP contribution in [0.15, 0.2) is 152 Å². The van der Waals surface area contributed by atoms with Crippen molar-refractivity contribution >= 4 is 0 Å². The monoisotopic (exact) mass is 759 g/mol. The maximum absolute atomic E-state index is 5.15. The van der Waals surface area contributed by atoms with E-state index in [0.29, 0.717) is 0 Å². The van der Waals surface area contributed by atoms with Crippen LogP contribution >= 0.6 is 0 Å². The predicted molar refractivity (Wildman–Crippen MR) is 252 cm³/mol. The molecule has 0 fully saturated rings. The van der Waals surface area contributed by atoms with E-state index in [-0.39, 0.29) is 21.7 Å². The van der Waals surface area contributed by atoms with E-state index in [2.05, 4.69) is 235 Å². The molecule has 0 N–H and O–H groups in total. The smallest absolute Gasteiger partial charge is 0.0715 e. The van der Waals surface area contributed by atoms with Gasteiger partial charge in [-0.2, -0.15) is 0 Å². The molecule has 0 radical (unpaired) electrons. The highest BCUT2D eigenvalue weighted by atomic mass is 14.7. The van der Waals surface area contributed by atoms with Crippen LogP contribution in [0.3, 0.4) is 0 Å². The van der Waals surface area contributed by atoms with Crippen LogP contribution in [0.5, 0.6) is 0 Å². The second kappa shape index (κ2) is 15.3. The number of benzene rings is 6. The van der Waals surface area contributed by atoms with E-state index in [0.717, 1.165) is 28.1 Å². The van der Waals surface area contributed by atoms with Gasteiger partial charge in [0, 0.05) is 11.1 Å². The van der Waals surface area contributed by atoms with E-state index in [4.69, 9.17) is 4.98 Å².